The van der Waals surface area contributed by atoms with Crippen LogP contribution in [-0.4, -0.2) is 21.3 Å². The molecule has 0 saturated heterocycles. The largest absolute Gasteiger partial charge is 0.368 e. The summed E-state index contributed by atoms with van der Waals surface area (Å²) in [6.07, 6.45) is 4.14. The highest BCUT2D eigenvalue weighted by atomic mass is 35.5. The predicted octanol–water partition coefficient (Wildman–Crippen LogP) is 1.99. The molecule has 2 aromatic heterocycles. The number of anilines is 1. The quantitative estimate of drug-likeness (QED) is 0.914. The van der Waals surface area contributed by atoms with Crippen LogP contribution in [0, 0.1) is 11.3 Å². The Balaban J connectivity index is 1.99. The Morgan fingerprint density at radius 2 is 2.28 bits per heavy atom. The monoisotopic (exact) mass is 261 g/mol. The highest BCUT2D eigenvalue weighted by Crippen LogP contribution is 2.22. The molecule has 0 fully saturated rings. The van der Waals surface area contributed by atoms with E-state index in [0.717, 1.165) is 12.1 Å². The summed E-state index contributed by atoms with van der Waals surface area (Å²) in [4.78, 5) is 4.11. The third-order valence-corrected chi connectivity index (χ3v) is 2.99. The van der Waals surface area contributed by atoms with Gasteiger partial charge in [-0.2, -0.15) is 10.4 Å². The Morgan fingerprint density at radius 3 is 2.94 bits per heavy atom. The van der Waals surface area contributed by atoms with E-state index in [4.69, 9.17) is 16.9 Å². The molecule has 0 aromatic carbocycles. The van der Waals surface area contributed by atoms with Crippen molar-refractivity contribution < 1.29 is 0 Å². The van der Waals surface area contributed by atoms with Crippen molar-refractivity contribution in [2.24, 2.45) is 7.05 Å². The lowest BCUT2D eigenvalue weighted by molar-refractivity contribution is 0.711. The van der Waals surface area contributed by atoms with Crippen LogP contribution in [0.2, 0.25) is 5.02 Å². The van der Waals surface area contributed by atoms with Crippen LogP contribution in [0.15, 0.2) is 24.5 Å². The number of hydrogen-bond acceptors (Lipinski definition) is 4. The van der Waals surface area contributed by atoms with Crippen LogP contribution in [-0.2, 0) is 13.5 Å². The molecule has 2 heterocycles. The first kappa shape index (κ1) is 12.4. The van der Waals surface area contributed by atoms with E-state index >= 15 is 0 Å². The first-order valence-corrected chi connectivity index (χ1v) is 5.85. The number of aryl methyl sites for hydroxylation is 1. The summed E-state index contributed by atoms with van der Waals surface area (Å²) in [7, 11) is 1.90. The van der Waals surface area contributed by atoms with Gasteiger partial charge in [-0.25, -0.2) is 4.98 Å². The maximum Gasteiger partial charge on any atom is 0.146 e. The van der Waals surface area contributed by atoms with Gasteiger partial charge in [0.25, 0.3) is 0 Å². The van der Waals surface area contributed by atoms with Gasteiger partial charge in [-0.3, -0.25) is 4.68 Å². The van der Waals surface area contributed by atoms with Crippen molar-refractivity contribution in [2.45, 2.75) is 6.42 Å². The van der Waals surface area contributed by atoms with Gasteiger partial charge in [0, 0.05) is 38.1 Å². The number of nitrogens with one attached hydrogen (secondary N) is 1. The Labute approximate surface area is 110 Å². The van der Waals surface area contributed by atoms with Gasteiger partial charge in [0.15, 0.2) is 0 Å². The highest BCUT2D eigenvalue weighted by Gasteiger charge is 2.06. The molecule has 0 atom stereocenters. The molecular formula is C12H12ClN5. The lowest BCUT2D eigenvalue weighted by Crippen LogP contribution is -2.09. The van der Waals surface area contributed by atoms with Crippen molar-refractivity contribution in [3.8, 4) is 6.07 Å². The fourth-order valence-electron chi connectivity index (χ4n) is 1.61. The first-order chi connectivity index (χ1) is 8.72. The van der Waals surface area contributed by atoms with Gasteiger partial charge in [-0.15, -0.1) is 0 Å². The van der Waals surface area contributed by atoms with Crippen molar-refractivity contribution in [2.75, 3.05) is 11.9 Å². The minimum atomic E-state index is 0.366. The van der Waals surface area contributed by atoms with Crippen LogP contribution < -0.4 is 5.32 Å². The van der Waals surface area contributed by atoms with Crippen LogP contribution in [0.3, 0.4) is 0 Å². The SMILES string of the molecule is Cn1nccc1CCNc1nccc(C#N)c1Cl. The maximum atomic E-state index is 8.85. The molecule has 0 spiro atoms. The van der Waals surface area contributed by atoms with E-state index in [1.54, 1.807) is 18.5 Å². The molecule has 92 valence electrons. The number of nitrogens with zero attached hydrogens (tertiary/aromatic N) is 4. The molecule has 2 aromatic rings. The molecule has 0 saturated carbocycles. The van der Waals surface area contributed by atoms with Gasteiger partial charge in [-0.05, 0) is 12.1 Å². The van der Waals surface area contributed by atoms with Crippen molar-refractivity contribution in [1.82, 2.24) is 14.8 Å². The van der Waals surface area contributed by atoms with E-state index in [1.807, 2.05) is 23.9 Å². The summed E-state index contributed by atoms with van der Waals surface area (Å²) in [6, 6.07) is 5.58. The number of aromatic nitrogens is 3. The molecule has 0 aliphatic rings. The molecule has 0 aliphatic carbocycles. The fourth-order valence-corrected chi connectivity index (χ4v) is 1.83. The Kier molecular flexibility index (Phi) is 3.80. The zero-order chi connectivity index (χ0) is 13.0. The predicted molar refractivity (Wildman–Crippen MR) is 69.4 cm³/mol. The third kappa shape index (κ3) is 2.60. The summed E-state index contributed by atoms with van der Waals surface area (Å²) in [5.41, 5.74) is 1.55. The molecule has 0 bridgehead atoms. The fraction of sp³-hybridized carbons (Fsp3) is 0.250. The van der Waals surface area contributed by atoms with Gasteiger partial charge in [-0.1, -0.05) is 11.6 Å². The van der Waals surface area contributed by atoms with E-state index in [0.29, 0.717) is 22.9 Å². The summed E-state index contributed by atoms with van der Waals surface area (Å²) < 4.78 is 1.82. The third-order valence-electron chi connectivity index (χ3n) is 2.61. The smallest absolute Gasteiger partial charge is 0.146 e. The second-order valence-electron chi connectivity index (χ2n) is 3.76. The van der Waals surface area contributed by atoms with Gasteiger partial charge < -0.3 is 5.32 Å². The minimum absolute atomic E-state index is 0.366. The molecule has 6 heteroatoms. The molecular weight excluding hydrogens is 250 g/mol. The standard InChI is InChI=1S/C12H12ClN5/c1-18-10(4-7-17-18)3-6-16-12-11(13)9(8-14)2-5-15-12/h2,4-5,7H,3,6H2,1H3,(H,15,16). The molecule has 2 rings (SSSR count). The number of nitriles is 1. The van der Waals surface area contributed by atoms with E-state index in [1.165, 1.54) is 0 Å². The van der Waals surface area contributed by atoms with Crippen molar-refractivity contribution in [1.29, 1.82) is 5.26 Å². The average molecular weight is 262 g/mol. The van der Waals surface area contributed by atoms with E-state index in [2.05, 4.69) is 15.4 Å². The van der Waals surface area contributed by atoms with Crippen LogP contribution in [0.1, 0.15) is 11.3 Å². The Morgan fingerprint density at radius 1 is 1.44 bits per heavy atom. The summed E-state index contributed by atoms with van der Waals surface area (Å²) >= 11 is 6.04. The Hall–Kier alpha value is -2.06. The molecule has 1 N–H and O–H groups in total. The molecule has 5 nitrogen and oxygen atoms in total. The van der Waals surface area contributed by atoms with E-state index in [9.17, 15) is 0 Å². The molecule has 0 radical (unpaired) electrons. The first-order valence-electron chi connectivity index (χ1n) is 5.47. The Bertz CT molecular complexity index is 584. The second-order valence-corrected chi connectivity index (χ2v) is 4.13. The van der Waals surface area contributed by atoms with E-state index in [-0.39, 0.29) is 0 Å². The van der Waals surface area contributed by atoms with Crippen molar-refractivity contribution in [3.05, 3.63) is 40.8 Å². The topological polar surface area (TPSA) is 66.5 Å². The number of hydrogen-bond donors (Lipinski definition) is 1. The lowest BCUT2D eigenvalue weighted by atomic mass is 10.2. The van der Waals surface area contributed by atoms with Crippen LogP contribution in [0.25, 0.3) is 0 Å². The molecule has 0 aliphatic heterocycles. The number of rotatable bonds is 4. The summed E-state index contributed by atoms with van der Waals surface area (Å²) in [5.74, 6) is 0.540. The molecule has 18 heavy (non-hydrogen) atoms. The number of pyridine rings is 1. The average Bonchev–Trinajstić information content (AvgIpc) is 2.77. The van der Waals surface area contributed by atoms with Crippen LogP contribution >= 0.6 is 11.6 Å². The zero-order valence-electron chi connectivity index (χ0n) is 9.89. The normalized spacial score (nSPS) is 10.1. The van der Waals surface area contributed by atoms with Crippen LogP contribution in [0.4, 0.5) is 5.82 Å². The van der Waals surface area contributed by atoms with Crippen molar-refractivity contribution >= 4 is 17.4 Å². The van der Waals surface area contributed by atoms with Gasteiger partial charge in [0.2, 0.25) is 0 Å². The molecule has 0 amide bonds. The summed E-state index contributed by atoms with van der Waals surface area (Å²) in [5, 5.41) is 16.4. The second kappa shape index (κ2) is 5.52. The van der Waals surface area contributed by atoms with Gasteiger partial charge in [0.05, 0.1) is 5.56 Å². The van der Waals surface area contributed by atoms with Gasteiger partial charge >= 0.3 is 0 Å². The molecule has 0 unspecified atom stereocenters. The lowest BCUT2D eigenvalue weighted by Gasteiger charge is -2.08. The maximum absolute atomic E-state index is 8.85. The number of halogens is 1. The summed E-state index contributed by atoms with van der Waals surface area (Å²) in [6.45, 7) is 0.682. The minimum Gasteiger partial charge on any atom is -0.368 e. The van der Waals surface area contributed by atoms with E-state index < -0.39 is 0 Å². The van der Waals surface area contributed by atoms with Crippen LogP contribution in [0.5, 0.6) is 0 Å². The van der Waals surface area contributed by atoms with Crippen molar-refractivity contribution in [3.63, 3.8) is 0 Å². The highest BCUT2D eigenvalue weighted by molar-refractivity contribution is 6.34. The zero-order valence-corrected chi connectivity index (χ0v) is 10.6. The van der Waals surface area contributed by atoms with Gasteiger partial charge in [0.1, 0.15) is 16.9 Å².